The average Bonchev–Trinajstić information content (AvgIpc) is 2.37. The molecule has 0 aliphatic carbocycles. The zero-order chi connectivity index (χ0) is 14.0. The molecule has 0 aromatic heterocycles. The lowest BCUT2D eigenvalue weighted by molar-refractivity contribution is 0.0816. The average molecular weight is 252 g/mol. The number of Topliss-reactive ketones (excluding diaryl/α,β-unsaturated/α-hetero) is 2. The van der Waals surface area contributed by atoms with E-state index >= 15 is 0 Å². The third kappa shape index (κ3) is 2.63. The molecule has 2 heteroatoms. The van der Waals surface area contributed by atoms with Gasteiger partial charge in [-0.25, -0.2) is 0 Å². The molecule has 96 valence electrons. The highest BCUT2D eigenvalue weighted by Crippen LogP contribution is 2.18. The van der Waals surface area contributed by atoms with Crippen molar-refractivity contribution in [2.45, 2.75) is 20.8 Å². The number of carbonyl (C=O) groups excluding carboxylic acids is 2. The fraction of sp³-hybridized carbons (Fsp3) is 0.176. The maximum absolute atomic E-state index is 12.3. The highest BCUT2D eigenvalue weighted by Gasteiger charge is 2.21. The number of hydrogen-bond donors (Lipinski definition) is 0. The smallest absolute Gasteiger partial charge is 0.234 e. The second-order valence-electron chi connectivity index (χ2n) is 4.80. The molecule has 0 N–H and O–H groups in total. The van der Waals surface area contributed by atoms with Crippen LogP contribution in [-0.4, -0.2) is 11.6 Å². The maximum Gasteiger partial charge on any atom is 0.234 e. The summed E-state index contributed by atoms with van der Waals surface area (Å²) < 4.78 is 0. The van der Waals surface area contributed by atoms with Gasteiger partial charge in [-0.15, -0.1) is 0 Å². The Balaban J connectivity index is 2.44. The first-order chi connectivity index (χ1) is 9.00. The zero-order valence-corrected chi connectivity index (χ0v) is 11.4. The minimum atomic E-state index is -0.448. The van der Waals surface area contributed by atoms with E-state index in [1.54, 1.807) is 24.3 Å². The van der Waals surface area contributed by atoms with Crippen LogP contribution in [0.2, 0.25) is 0 Å². The lowest BCUT2D eigenvalue weighted by atomic mass is 9.93. The summed E-state index contributed by atoms with van der Waals surface area (Å²) in [4.78, 5) is 24.5. The van der Waals surface area contributed by atoms with Crippen molar-refractivity contribution in [2.75, 3.05) is 0 Å². The summed E-state index contributed by atoms with van der Waals surface area (Å²) in [6.45, 7) is 5.71. The Morgan fingerprint density at radius 3 is 1.84 bits per heavy atom. The second-order valence-corrected chi connectivity index (χ2v) is 4.80. The minimum Gasteiger partial charge on any atom is -0.285 e. The third-order valence-corrected chi connectivity index (χ3v) is 3.15. The molecule has 19 heavy (non-hydrogen) atoms. The SMILES string of the molecule is Cc1cc(C)c(C(=O)C(=O)c2ccccc2)c(C)c1. The van der Waals surface area contributed by atoms with Crippen molar-refractivity contribution in [3.8, 4) is 0 Å². The van der Waals surface area contributed by atoms with Crippen LogP contribution in [0.4, 0.5) is 0 Å². The number of rotatable bonds is 3. The summed E-state index contributed by atoms with van der Waals surface area (Å²) >= 11 is 0. The number of ketones is 2. The number of aryl methyl sites for hydroxylation is 3. The molecule has 0 aliphatic rings. The zero-order valence-electron chi connectivity index (χ0n) is 11.4. The Hall–Kier alpha value is -2.22. The van der Waals surface area contributed by atoms with E-state index in [1.807, 2.05) is 39.0 Å². The molecular weight excluding hydrogens is 236 g/mol. The molecule has 0 heterocycles. The lowest BCUT2D eigenvalue weighted by Crippen LogP contribution is -2.17. The van der Waals surface area contributed by atoms with E-state index in [4.69, 9.17) is 0 Å². The molecule has 0 unspecified atom stereocenters. The summed E-state index contributed by atoms with van der Waals surface area (Å²) in [7, 11) is 0. The fourth-order valence-electron chi connectivity index (χ4n) is 2.37. The molecule has 2 rings (SSSR count). The van der Waals surface area contributed by atoms with Crippen LogP contribution in [0, 0.1) is 20.8 Å². The van der Waals surface area contributed by atoms with Crippen LogP contribution in [0.3, 0.4) is 0 Å². The van der Waals surface area contributed by atoms with Gasteiger partial charge < -0.3 is 0 Å². The second kappa shape index (κ2) is 5.19. The summed E-state index contributed by atoms with van der Waals surface area (Å²) in [6.07, 6.45) is 0. The summed E-state index contributed by atoms with van der Waals surface area (Å²) in [5.74, 6) is -0.878. The largest absolute Gasteiger partial charge is 0.285 e. The van der Waals surface area contributed by atoms with Crippen molar-refractivity contribution in [3.63, 3.8) is 0 Å². The van der Waals surface area contributed by atoms with Gasteiger partial charge in [0.25, 0.3) is 0 Å². The van der Waals surface area contributed by atoms with Gasteiger partial charge in [-0.2, -0.15) is 0 Å². The highest BCUT2D eigenvalue weighted by molar-refractivity contribution is 6.49. The van der Waals surface area contributed by atoms with Gasteiger partial charge in [0.1, 0.15) is 0 Å². The highest BCUT2D eigenvalue weighted by atomic mass is 16.2. The number of carbonyl (C=O) groups is 2. The third-order valence-electron chi connectivity index (χ3n) is 3.15. The van der Waals surface area contributed by atoms with E-state index in [-0.39, 0.29) is 0 Å². The minimum absolute atomic E-state index is 0.429. The van der Waals surface area contributed by atoms with Crippen LogP contribution in [0.5, 0.6) is 0 Å². The monoisotopic (exact) mass is 252 g/mol. The van der Waals surface area contributed by atoms with Crippen molar-refractivity contribution in [1.29, 1.82) is 0 Å². The molecule has 0 spiro atoms. The first kappa shape index (κ1) is 13.2. The molecule has 2 nitrogen and oxygen atoms in total. The lowest BCUT2D eigenvalue weighted by Gasteiger charge is -2.09. The van der Waals surface area contributed by atoms with E-state index in [0.29, 0.717) is 11.1 Å². The van der Waals surface area contributed by atoms with Crippen LogP contribution in [-0.2, 0) is 0 Å². The van der Waals surface area contributed by atoms with Gasteiger partial charge in [-0.1, -0.05) is 48.0 Å². The molecule has 0 atom stereocenters. The topological polar surface area (TPSA) is 34.1 Å². The summed E-state index contributed by atoms with van der Waals surface area (Å²) in [5, 5.41) is 0. The molecule has 2 aromatic rings. The quantitative estimate of drug-likeness (QED) is 0.617. The van der Waals surface area contributed by atoms with Crippen LogP contribution >= 0.6 is 0 Å². The summed E-state index contributed by atoms with van der Waals surface area (Å²) in [6, 6.07) is 12.5. The van der Waals surface area contributed by atoms with Crippen LogP contribution in [0.25, 0.3) is 0 Å². The normalized spacial score (nSPS) is 10.3. The first-order valence-electron chi connectivity index (χ1n) is 6.22. The Bertz CT molecular complexity index is 617. The van der Waals surface area contributed by atoms with E-state index in [1.165, 1.54) is 0 Å². The van der Waals surface area contributed by atoms with Crippen LogP contribution in [0.1, 0.15) is 37.4 Å². The van der Waals surface area contributed by atoms with Crippen molar-refractivity contribution in [1.82, 2.24) is 0 Å². The van der Waals surface area contributed by atoms with Crippen LogP contribution < -0.4 is 0 Å². The predicted octanol–water partition coefficient (Wildman–Crippen LogP) is 3.68. The Labute approximate surface area is 113 Å². The van der Waals surface area contributed by atoms with Gasteiger partial charge in [0, 0.05) is 11.1 Å². The molecule has 0 fully saturated rings. The van der Waals surface area contributed by atoms with Gasteiger partial charge in [-0.3, -0.25) is 9.59 Å². The first-order valence-corrected chi connectivity index (χ1v) is 6.22. The van der Waals surface area contributed by atoms with Crippen molar-refractivity contribution >= 4 is 11.6 Å². The molecular formula is C17H16O2. The Kier molecular flexibility index (Phi) is 3.61. The van der Waals surface area contributed by atoms with Gasteiger partial charge in [-0.05, 0) is 31.9 Å². The molecule has 0 aliphatic heterocycles. The standard InChI is InChI=1S/C17H16O2/c1-11-9-12(2)15(13(3)10-11)17(19)16(18)14-7-5-4-6-8-14/h4-10H,1-3H3. The van der Waals surface area contributed by atoms with E-state index in [2.05, 4.69) is 0 Å². The fourth-order valence-corrected chi connectivity index (χ4v) is 2.37. The van der Waals surface area contributed by atoms with Crippen LogP contribution in [0.15, 0.2) is 42.5 Å². The Morgan fingerprint density at radius 2 is 1.32 bits per heavy atom. The molecule has 2 aromatic carbocycles. The molecule has 0 amide bonds. The van der Waals surface area contributed by atoms with Crippen molar-refractivity contribution < 1.29 is 9.59 Å². The molecule has 0 bridgehead atoms. The number of benzene rings is 2. The van der Waals surface area contributed by atoms with Gasteiger partial charge in [0.2, 0.25) is 11.6 Å². The predicted molar refractivity (Wildman–Crippen MR) is 75.8 cm³/mol. The van der Waals surface area contributed by atoms with Gasteiger partial charge in [0.05, 0.1) is 0 Å². The van der Waals surface area contributed by atoms with E-state index in [0.717, 1.165) is 16.7 Å². The molecule has 0 saturated carbocycles. The van der Waals surface area contributed by atoms with Gasteiger partial charge >= 0.3 is 0 Å². The number of hydrogen-bond acceptors (Lipinski definition) is 2. The maximum atomic E-state index is 12.3. The van der Waals surface area contributed by atoms with Gasteiger partial charge in [0.15, 0.2) is 0 Å². The Morgan fingerprint density at radius 1 is 0.789 bits per heavy atom. The van der Waals surface area contributed by atoms with Crippen molar-refractivity contribution in [3.05, 3.63) is 70.3 Å². The molecule has 0 radical (unpaired) electrons. The molecule has 0 saturated heterocycles. The van der Waals surface area contributed by atoms with Crippen molar-refractivity contribution in [2.24, 2.45) is 0 Å². The summed E-state index contributed by atoms with van der Waals surface area (Å²) in [5.41, 5.74) is 3.77. The van der Waals surface area contributed by atoms with E-state index in [9.17, 15) is 9.59 Å². The van der Waals surface area contributed by atoms with E-state index < -0.39 is 11.6 Å².